The standard InChI is InChI=1S/C13H17NO8/c1-6(15)19-5-11-12(21-8(3)17)9(20-7(2)16)4-10(22-11)13(14)18/h4,9,11-12H,5H2,1-3H3,(H2,14,18)/t9-,11-,12-/m1/s1. The van der Waals surface area contributed by atoms with Gasteiger partial charge in [-0.25, -0.2) is 0 Å². The Morgan fingerprint density at radius 2 is 1.68 bits per heavy atom. The number of amides is 1. The second kappa shape index (κ2) is 7.43. The third kappa shape index (κ3) is 5.08. The third-order valence-electron chi connectivity index (χ3n) is 2.58. The van der Waals surface area contributed by atoms with Gasteiger partial charge in [0.2, 0.25) is 0 Å². The van der Waals surface area contributed by atoms with Crippen LogP contribution < -0.4 is 5.73 Å². The number of esters is 3. The smallest absolute Gasteiger partial charge is 0.303 e. The number of primary amides is 1. The molecule has 1 aliphatic heterocycles. The Hall–Kier alpha value is -2.58. The van der Waals surface area contributed by atoms with E-state index in [1.165, 1.54) is 6.92 Å². The number of ether oxygens (including phenoxy) is 4. The summed E-state index contributed by atoms with van der Waals surface area (Å²) in [6.07, 6.45) is -2.06. The monoisotopic (exact) mass is 315 g/mol. The van der Waals surface area contributed by atoms with E-state index in [1.807, 2.05) is 0 Å². The molecule has 3 atom stereocenters. The Labute approximate surface area is 126 Å². The van der Waals surface area contributed by atoms with Crippen molar-refractivity contribution in [3.05, 3.63) is 11.8 Å². The zero-order valence-electron chi connectivity index (χ0n) is 12.4. The van der Waals surface area contributed by atoms with Crippen LogP contribution in [0.1, 0.15) is 20.8 Å². The maximum Gasteiger partial charge on any atom is 0.303 e. The van der Waals surface area contributed by atoms with Gasteiger partial charge in [-0.05, 0) is 0 Å². The predicted molar refractivity (Wildman–Crippen MR) is 69.9 cm³/mol. The van der Waals surface area contributed by atoms with Gasteiger partial charge in [0, 0.05) is 26.8 Å². The van der Waals surface area contributed by atoms with E-state index in [1.54, 1.807) is 0 Å². The molecule has 0 saturated heterocycles. The summed E-state index contributed by atoms with van der Waals surface area (Å²) in [5.74, 6) is -3.08. The van der Waals surface area contributed by atoms with E-state index in [0.717, 1.165) is 19.9 Å². The zero-order chi connectivity index (χ0) is 16.9. The highest BCUT2D eigenvalue weighted by Gasteiger charge is 2.41. The fourth-order valence-corrected chi connectivity index (χ4v) is 1.82. The molecule has 0 aromatic rings. The highest BCUT2D eigenvalue weighted by molar-refractivity contribution is 5.90. The zero-order valence-corrected chi connectivity index (χ0v) is 12.4. The molecule has 122 valence electrons. The Morgan fingerprint density at radius 3 is 2.14 bits per heavy atom. The van der Waals surface area contributed by atoms with E-state index in [2.05, 4.69) is 0 Å². The highest BCUT2D eigenvalue weighted by atomic mass is 16.6. The first kappa shape index (κ1) is 17.5. The molecule has 0 aromatic heterocycles. The molecule has 0 radical (unpaired) electrons. The molecular formula is C13H17NO8. The molecule has 0 fully saturated rings. The van der Waals surface area contributed by atoms with Crippen molar-refractivity contribution in [2.75, 3.05) is 6.61 Å². The fraction of sp³-hybridized carbons (Fsp3) is 0.538. The van der Waals surface area contributed by atoms with E-state index in [0.29, 0.717) is 0 Å². The molecular weight excluding hydrogens is 298 g/mol. The van der Waals surface area contributed by atoms with Crippen LogP contribution >= 0.6 is 0 Å². The van der Waals surface area contributed by atoms with Crippen molar-refractivity contribution in [2.24, 2.45) is 5.73 Å². The summed E-state index contributed by atoms with van der Waals surface area (Å²) in [7, 11) is 0. The van der Waals surface area contributed by atoms with E-state index in [9.17, 15) is 19.2 Å². The van der Waals surface area contributed by atoms with Crippen molar-refractivity contribution in [1.82, 2.24) is 0 Å². The molecule has 2 N–H and O–H groups in total. The average Bonchev–Trinajstić information content (AvgIpc) is 2.37. The molecule has 0 aliphatic carbocycles. The topological polar surface area (TPSA) is 131 Å². The maximum atomic E-state index is 11.3. The number of rotatable bonds is 5. The maximum absolute atomic E-state index is 11.3. The molecule has 9 nitrogen and oxygen atoms in total. The summed E-state index contributed by atoms with van der Waals surface area (Å²) in [5.41, 5.74) is 5.14. The van der Waals surface area contributed by atoms with Crippen LogP contribution in [0.5, 0.6) is 0 Å². The van der Waals surface area contributed by atoms with Gasteiger partial charge >= 0.3 is 17.9 Å². The van der Waals surface area contributed by atoms with Crippen molar-refractivity contribution >= 4 is 23.8 Å². The number of hydrogen-bond acceptors (Lipinski definition) is 8. The minimum absolute atomic E-state index is 0.271. The average molecular weight is 315 g/mol. The lowest BCUT2D eigenvalue weighted by atomic mass is 10.0. The lowest BCUT2D eigenvalue weighted by Gasteiger charge is -2.34. The number of carbonyl (C=O) groups excluding carboxylic acids is 4. The number of nitrogens with two attached hydrogens (primary N) is 1. The van der Waals surface area contributed by atoms with Crippen LogP contribution in [-0.4, -0.2) is 48.7 Å². The summed E-state index contributed by atoms with van der Waals surface area (Å²) in [4.78, 5) is 44.5. The first-order chi connectivity index (χ1) is 10.2. The number of carbonyl (C=O) groups is 4. The van der Waals surface area contributed by atoms with E-state index < -0.39 is 42.1 Å². The molecule has 0 spiro atoms. The summed E-state index contributed by atoms with van der Waals surface area (Å²) >= 11 is 0. The first-order valence-corrected chi connectivity index (χ1v) is 6.36. The predicted octanol–water partition coefficient (Wildman–Crippen LogP) is -0.819. The van der Waals surface area contributed by atoms with Crippen LogP contribution in [0.3, 0.4) is 0 Å². The molecule has 22 heavy (non-hydrogen) atoms. The van der Waals surface area contributed by atoms with Gasteiger partial charge in [-0.2, -0.15) is 0 Å². The lowest BCUT2D eigenvalue weighted by Crippen LogP contribution is -2.49. The quantitative estimate of drug-likeness (QED) is 0.514. The molecule has 0 bridgehead atoms. The second-order valence-corrected chi connectivity index (χ2v) is 4.50. The Kier molecular flexibility index (Phi) is 5.90. The van der Waals surface area contributed by atoms with Crippen molar-refractivity contribution in [2.45, 2.75) is 39.1 Å². The van der Waals surface area contributed by atoms with Gasteiger partial charge in [-0.15, -0.1) is 0 Å². The van der Waals surface area contributed by atoms with Crippen LogP contribution in [0.4, 0.5) is 0 Å². The van der Waals surface area contributed by atoms with Crippen molar-refractivity contribution in [3.8, 4) is 0 Å². The van der Waals surface area contributed by atoms with Crippen molar-refractivity contribution in [3.63, 3.8) is 0 Å². The van der Waals surface area contributed by atoms with Gasteiger partial charge in [0.05, 0.1) is 0 Å². The van der Waals surface area contributed by atoms with Crippen molar-refractivity contribution < 1.29 is 38.1 Å². The van der Waals surface area contributed by atoms with Gasteiger partial charge in [-0.3, -0.25) is 19.2 Å². The molecule has 0 saturated carbocycles. The SMILES string of the molecule is CC(=O)OC[C@H]1OC(C(N)=O)=C[C@@H](OC(C)=O)[C@H]1OC(C)=O. The summed E-state index contributed by atoms with van der Waals surface area (Å²) < 4.78 is 20.1. The van der Waals surface area contributed by atoms with E-state index in [4.69, 9.17) is 24.7 Å². The third-order valence-corrected chi connectivity index (χ3v) is 2.58. The Morgan fingerprint density at radius 1 is 1.09 bits per heavy atom. The molecule has 0 unspecified atom stereocenters. The fourth-order valence-electron chi connectivity index (χ4n) is 1.82. The minimum Gasteiger partial charge on any atom is -0.477 e. The van der Waals surface area contributed by atoms with Gasteiger partial charge in [0.25, 0.3) is 5.91 Å². The van der Waals surface area contributed by atoms with Crippen LogP contribution in [-0.2, 0) is 38.1 Å². The van der Waals surface area contributed by atoms with Crippen LogP contribution in [0.15, 0.2) is 11.8 Å². The van der Waals surface area contributed by atoms with Gasteiger partial charge in [0.1, 0.15) is 6.61 Å². The van der Waals surface area contributed by atoms with E-state index in [-0.39, 0.29) is 12.4 Å². The van der Waals surface area contributed by atoms with Crippen LogP contribution in [0.2, 0.25) is 0 Å². The largest absolute Gasteiger partial charge is 0.477 e. The van der Waals surface area contributed by atoms with Crippen LogP contribution in [0.25, 0.3) is 0 Å². The van der Waals surface area contributed by atoms with Crippen LogP contribution in [0, 0.1) is 0 Å². The summed E-state index contributed by atoms with van der Waals surface area (Å²) in [5, 5.41) is 0. The van der Waals surface area contributed by atoms with Gasteiger partial charge in [-0.1, -0.05) is 0 Å². The highest BCUT2D eigenvalue weighted by Crippen LogP contribution is 2.24. The Bertz CT molecular complexity index is 512. The normalized spacial score (nSPS) is 23.6. The molecule has 1 amide bonds. The van der Waals surface area contributed by atoms with Gasteiger partial charge < -0.3 is 24.7 Å². The summed E-state index contributed by atoms with van der Waals surface area (Å²) in [6, 6.07) is 0. The minimum atomic E-state index is -1.08. The first-order valence-electron chi connectivity index (χ1n) is 6.36. The van der Waals surface area contributed by atoms with Gasteiger partial charge in [0.15, 0.2) is 24.1 Å². The number of hydrogen-bond donors (Lipinski definition) is 1. The molecule has 1 heterocycles. The molecule has 1 aliphatic rings. The Balaban J connectivity index is 3.06. The van der Waals surface area contributed by atoms with E-state index >= 15 is 0 Å². The molecule has 1 rings (SSSR count). The second-order valence-electron chi connectivity index (χ2n) is 4.50. The lowest BCUT2D eigenvalue weighted by molar-refractivity contribution is -0.181. The molecule has 9 heteroatoms. The van der Waals surface area contributed by atoms with Crippen molar-refractivity contribution in [1.29, 1.82) is 0 Å². The molecule has 0 aromatic carbocycles. The summed E-state index contributed by atoms with van der Waals surface area (Å²) in [6.45, 7) is 3.17.